The van der Waals surface area contributed by atoms with Crippen LogP contribution in [0.25, 0.3) is 11.3 Å². The van der Waals surface area contributed by atoms with Gasteiger partial charge in [-0.15, -0.1) is 0 Å². The number of rotatable bonds is 5. The molecule has 0 radical (unpaired) electrons. The number of carbonyl (C=O) groups is 1. The van der Waals surface area contributed by atoms with Crippen LogP contribution in [0.4, 0.5) is 11.4 Å². The van der Waals surface area contributed by atoms with E-state index in [0.29, 0.717) is 47.2 Å². The largest absolute Gasteiger partial charge is 0.486 e. The molecule has 0 spiro atoms. The zero-order valence-corrected chi connectivity index (χ0v) is 19.0. The number of nitrogens with one attached hydrogen (secondary N) is 2. The topological polar surface area (TPSA) is 86.6 Å². The van der Waals surface area contributed by atoms with E-state index in [1.807, 2.05) is 44.4 Å². The molecule has 2 aliphatic rings. The van der Waals surface area contributed by atoms with Crippen LogP contribution in [0.3, 0.4) is 0 Å². The molecule has 0 aromatic heterocycles. The quantitative estimate of drug-likeness (QED) is 0.561. The van der Waals surface area contributed by atoms with Gasteiger partial charge in [0.25, 0.3) is 5.91 Å². The summed E-state index contributed by atoms with van der Waals surface area (Å²) in [6.45, 7) is 1.83. The molecule has 34 heavy (non-hydrogen) atoms. The number of anilines is 2. The fraction of sp³-hybridized carbons (Fsp3) is 0.185. The molecule has 1 amide bonds. The van der Waals surface area contributed by atoms with Crippen molar-refractivity contribution in [2.75, 3.05) is 37.9 Å². The Bertz CT molecular complexity index is 1340. The molecule has 2 aliphatic heterocycles. The monoisotopic (exact) mass is 452 g/mol. The summed E-state index contributed by atoms with van der Waals surface area (Å²) in [5.41, 5.74) is 5.86. The maximum absolute atomic E-state index is 13.1. The predicted molar refractivity (Wildman–Crippen MR) is 131 cm³/mol. The maximum Gasteiger partial charge on any atom is 0.258 e. The molecule has 5 rings (SSSR count). The van der Waals surface area contributed by atoms with Gasteiger partial charge in [-0.05, 0) is 62.1 Å². The van der Waals surface area contributed by atoms with Crippen molar-refractivity contribution in [1.82, 2.24) is 4.90 Å². The van der Waals surface area contributed by atoms with Gasteiger partial charge in [0.1, 0.15) is 13.2 Å². The van der Waals surface area contributed by atoms with Gasteiger partial charge in [0, 0.05) is 23.4 Å². The molecular weight excluding hydrogens is 428 g/mol. The Morgan fingerprint density at radius 2 is 1.79 bits per heavy atom. The summed E-state index contributed by atoms with van der Waals surface area (Å²) in [6, 6.07) is 21.1. The van der Waals surface area contributed by atoms with E-state index >= 15 is 0 Å². The summed E-state index contributed by atoms with van der Waals surface area (Å²) in [4.78, 5) is 15.3. The highest BCUT2D eigenvalue weighted by Crippen LogP contribution is 2.40. The van der Waals surface area contributed by atoms with E-state index in [0.717, 1.165) is 23.4 Å². The van der Waals surface area contributed by atoms with Crippen LogP contribution in [-0.4, -0.2) is 38.1 Å². The number of benzene rings is 3. The Kier molecular flexibility index (Phi) is 5.66. The highest BCUT2D eigenvalue weighted by Gasteiger charge is 2.29. The first-order valence-electron chi connectivity index (χ1n) is 11.0. The van der Waals surface area contributed by atoms with E-state index in [-0.39, 0.29) is 5.91 Å². The van der Waals surface area contributed by atoms with Gasteiger partial charge in [0.2, 0.25) is 0 Å². The van der Waals surface area contributed by atoms with Crippen molar-refractivity contribution in [1.29, 1.82) is 5.26 Å². The van der Waals surface area contributed by atoms with Crippen molar-refractivity contribution in [3.63, 3.8) is 0 Å². The fourth-order valence-electron chi connectivity index (χ4n) is 4.17. The number of nitrogens with zero attached hydrogens (tertiary/aromatic N) is 2. The van der Waals surface area contributed by atoms with Crippen molar-refractivity contribution in [2.24, 2.45) is 0 Å². The standard InChI is InChI=1S/C27H24N4O3/c1-31(2)16-17-3-7-20(8-4-17)29-26(19-6-10-23-24(14-19)34-12-11-33-23)25-21-9-5-18(15-28)13-22(21)30-27(25)32/h3-10,13-14,29H,11-12,16H2,1-2H3,(H,30,32). The Hall–Kier alpha value is -4.28. The molecule has 170 valence electrons. The molecule has 7 heteroatoms. The molecule has 2 N–H and O–H groups in total. The van der Waals surface area contributed by atoms with Gasteiger partial charge in [-0.2, -0.15) is 5.26 Å². The second-order valence-electron chi connectivity index (χ2n) is 8.49. The van der Waals surface area contributed by atoms with Gasteiger partial charge < -0.3 is 25.0 Å². The number of hydrogen-bond donors (Lipinski definition) is 2. The lowest BCUT2D eigenvalue weighted by Crippen LogP contribution is -2.16. The summed E-state index contributed by atoms with van der Waals surface area (Å²) >= 11 is 0. The van der Waals surface area contributed by atoms with Gasteiger partial charge in [0.05, 0.1) is 28.6 Å². The third-order valence-electron chi connectivity index (χ3n) is 5.70. The van der Waals surface area contributed by atoms with Crippen molar-refractivity contribution >= 4 is 28.6 Å². The van der Waals surface area contributed by atoms with Crippen molar-refractivity contribution in [3.05, 3.63) is 82.9 Å². The molecule has 7 nitrogen and oxygen atoms in total. The van der Waals surface area contributed by atoms with E-state index in [4.69, 9.17) is 9.47 Å². The molecule has 0 unspecified atom stereocenters. The number of carbonyl (C=O) groups excluding carboxylic acids is 1. The highest BCUT2D eigenvalue weighted by atomic mass is 16.6. The number of fused-ring (bicyclic) bond motifs is 2. The highest BCUT2D eigenvalue weighted by molar-refractivity contribution is 6.37. The van der Waals surface area contributed by atoms with Crippen LogP contribution in [0.1, 0.15) is 22.3 Å². The molecule has 0 saturated heterocycles. The van der Waals surface area contributed by atoms with Crippen molar-refractivity contribution in [3.8, 4) is 17.6 Å². The van der Waals surface area contributed by atoms with Crippen molar-refractivity contribution in [2.45, 2.75) is 6.54 Å². The Morgan fingerprint density at radius 3 is 2.53 bits per heavy atom. The van der Waals surface area contributed by atoms with Crippen LogP contribution in [0.5, 0.6) is 11.5 Å². The average Bonchev–Trinajstić information content (AvgIpc) is 3.17. The molecule has 0 saturated carbocycles. The average molecular weight is 453 g/mol. The first-order valence-corrected chi connectivity index (χ1v) is 11.0. The van der Waals surface area contributed by atoms with E-state index in [1.54, 1.807) is 18.2 Å². The van der Waals surface area contributed by atoms with Gasteiger partial charge in [-0.3, -0.25) is 4.79 Å². The minimum Gasteiger partial charge on any atom is -0.486 e. The number of nitriles is 1. The van der Waals surface area contributed by atoms with Crippen LogP contribution in [0, 0.1) is 11.3 Å². The summed E-state index contributed by atoms with van der Waals surface area (Å²) in [5, 5.41) is 15.6. The summed E-state index contributed by atoms with van der Waals surface area (Å²) in [6.07, 6.45) is 0. The van der Waals surface area contributed by atoms with Gasteiger partial charge in [0.15, 0.2) is 11.5 Å². The normalized spacial score (nSPS) is 15.4. The second-order valence-corrected chi connectivity index (χ2v) is 8.49. The summed E-state index contributed by atoms with van der Waals surface area (Å²) in [5.74, 6) is 1.09. The minimum absolute atomic E-state index is 0.230. The Balaban J connectivity index is 1.61. The molecule has 3 aromatic rings. The third-order valence-corrected chi connectivity index (χ3v) is 5.70. The van der Waals surface area contributed by atoms with Gasteiger partial charge >= 0.3 is 0 Å². The smallest absolute Gasteiger partial charge is 0.258 e. The lowest BCUT2D eigenvalue weighted by molar-refractivity contribution is -0.110. The molecule has 0 fully saturated rings. The van der Waals surface area contributed by atoms with E-state index in [9.17, 15) is 10.1 Å². The number of hydrogen-bond acceptors (Lipinski definition) is 6. The molecule has 0 aliphatic carbocycles. The molecule has 3 aromatic carbocycles. The predicted octanol–water partition coefficient (Wildman–Crippen LogP) is 4.32. The van der Waals surface area contributed by atoms with Crippen LogP contribution in [0.2, 0.25) is 0 Å². The third kappa shape index (κ3) is 4.19. The first kappa shape index (κ1) is 21.6. The van der Waals surface area contributed by atoms with Crippen LogP contribution < -0.4 is 20.1 Å². The van der Waals surface area contributed by atoms with Crippen LogP contribution in [-0.2, 0) is 11.3 Å². The lowest BCUT2D eigenvalue weighted by Gasteiger charge is -2.21. The Labute approximate surface area is 198 Å². The SMILES string of the molecule is CN(C)Cc1ccc(NC(=C2C(=O)Nc3cc(C#N)ccc32)c2ccc3c(c2)OCCO3)cc1. The number of ether oxygens (including phenoxy) is 2. The van der Waals surface area contributed by atoms with E-state index in [1.165, 1.54) is 5.56 Å². The van der Waals surface area contributed by atoms with Crippen molar-refractivity contribution < 1.29 is 14.3 Å². The van der Waals surface area contributed by atoms with Gasteiger partial charge in [-0.1, -0.05) is 18.2 Å². The molecule has 2 heterocycles. The molecule has 0 bridgehead atoms. The van der Waals surface area contributed by atoms with E-state index < -0.39 is 0 Å². The molecule has 0 atom stereocenters. The van der Waals surface area contributed by atoms with Crippen LogP contribution in [0.15, 0.2) is 60.7 Å². The lowest BCUT2D eigenvalue weighted by atomic mass is 9.98. The summed E-state index contributed by atoms with van der Waals surface area (Å²) in [7, 11) is 4.06. The van der Waals surface area contributed by atoms with E-state index in [2.05, 4.69) is 33.7 Å². The second kappa shape index (κ2) is 8.93. The first-order chi connectivity index (χ1) is 16.5. The minimum atomic E-state index is -0.230. The zero-order chi connectivity index (χ0) is 23.7. The summed E-state index contributed by atoms with van der Waals surface area (Å²) < 4.78 is 11.5. The molecular formula is C27H24N4O3. The van der Waals surface area contributed by atoms with Crippen LogP contribution >= 0.6 is 0 Å². The Morgan fingerprint density at radius 1 is 1.03 bits per heavy atom. The zero-order valence-electron chi connectivity index (χ0n) is 19.0. The number of amides is 1. The fourth-order valence-corrected chi connectivity index (χ4v) is 4.17. The maximum atomic E-state index is 13.1. The van der Waals surface area contributed by atoms with Gasteiger partial charge in [-0.25, -0.2) is 0 Å².